The summed E-state index contributed by atoms with van der Waals surface area (Å²) in [6, 6.07) is 4.59. The summed E-state index contributed by atoms with van der Waals surface area (Å²) in [5, 5.41) is 3.76. The van der Waals surface area contributed by atoms with Gasteiger partial charge in [-0.3, -0.25) is 9.69 Å². The summed E-state index contributed by atoms with van der Waals surface area (Å²) < 4.78 is 13.1. The second-order valence-corrected chi connectivity index (χ2v) is 7.14. The van der Waals surface area contributed by atoms with Gasteiger partial charge in [0.2, 0.25) is 5.91 Å². The maximum atomic E-state index is 13.1. The summed E-state index contributed by atoms with van der Waals surface area (Å²) in [4.78, 5) is 18.9. The standard InChI is InChI=1S/C18H26ClFN4O/c19-17-13-16(20)2-1-15(17)14-23-11-9-22(10-12-23)6-3-18(25)24-7-4-21-5-8-24/h1-2,13,21H,3-12,14H2. The zero-order valence-electron chi connectivity index (χ0n) is 14.5. The van der Waals surface area contributed by atoms with E-state index in [4.69, 9.17) is 11.6 Å². The van der Waals surface area contributed by atoms with E-state index >= 15 is 0 Å². The highest BCUT2D eigenvalue weighted by molar-refractivity contribution is 6.31. The molecule has 1 aromatic carbocycles. The third kappa shape index (κ3) is 5.38. The van der Waals surface area contributed by atoms with Crippen LogP contribution in [0.2, 0.25) is 5.02 Å². The minimum absolute atomic E-state index is 0.266. The number of halogens is 2. The first-order chi connectivity index (χ1) is 12.1. The van der Waals surface area contributed by atoms with Crippen molar-refractivity contribution in [3.05, 3.63) is 34.6 Å². The first-order valence-corrected chi connectivity index (χ1v) is 9.37. The Labute approximate surface area is 153 Å². The highest BCUT2D eigenvalue weighted by Gasteiger charge is 2.20. The average Bonchev–Trinajstić information content (AvgIpc) is 2.64. The van der Waals surface area contributed by atoms with Crippen LogP contribution in [-0.4, -0.2) is 79.5 Å². The van der Waals surface area contributed by atoms with Crippen LogP contribution in [0.1, 0.15) is 12.0 Å². The molecule has 0 spiro atoms. The molecule has 2 heterocycles. The van der Waals surface area contributed by atoms with Crippen molar-refractivity contribution in [2.75, 3.05) is 58.9 Å². The molecule has 1 amide bonds. The molecule has 3 rings (SSSR count). The van der Waals surface area contributed by atoms with Crippen molar-refractivity contribution in [2.24, 2.45) is 0 Å². The lowest BCUT2D eigenvalue weighted by atomic mass is 10.2. The summed E-state index contributed by atoms with van der Waals surface area (Å²) in [6.45, 7) is 8.80. The van der Waals surface area contributed by atoms with E-state index in [1.54, 1.807) is 6.07 Å². The molecular formula is C18H26ClFN4O. The van der Waals surface area contributed by atoms with Crippen molar-refractivity contribution < 1.29 is 9.18 Å². The number of nitrogens with zero attached hydrogens (tertiary/aromatic N) is 3. The quantitative estimate of drug-likeness (QED) is 0.853. The fraction of sp³-hybridized carbons (Fsp3) is 0.611. The van der Waals surface area contributed by atoms with Gasteiger partial charge in [0.1, 0.15) is 5.82 Å². The minimum Gasteiger partial charge on any atom is -0.340 e. The number of carbonyl (C=O) groups is 1. The number of hydrogen-bond acceptors (Lipinski definition) is 4. The fourth-order valence-corrected chi connectivity index (χ4v) is 3.61. The van der Waals surface area contributed by atoms with E-state index in [1.165, 1.54) is 12.1 Å². The fourth-order valence-electron chi connectivity index (χ4n) is 3.39. The molecule has 138 valence electrons. The molecule has 0 aromatic heterocycles. The third-order valence-electron chi connectivity index (χ3n) is 4.99. The second kappa shape index (κ2) is 8.94. The van der Waals surface area contributed by atoms with E-state index < -0.39 is 0 Å². The lowest BCUT2D eigenvalue weighted by Crippen LogP contribution is -2.49. The molecule has 2 aliphatic heterocycles. The van der Waals surface area contributed by atoms with E-state index in [0.717, 1.165) is 71.0 Å². The topological polar surface area (TPSA) is 38.8 Å². The number of amides is 1. The first kappa shape index (κ1) is 18.6. The van der Waals surface area contributed by atoms with Gasteiger partial charge in [0.15, 0.2) is 0 Å². The van der Waals surface area contributed by atoms with Gasteiger partial charge in [-0.1, -0.05) is 17.7 Å². The number of hydrogen-bond donors (Lipinski definition) is 1. The van der Waals surface area contributed by atoms with E-state index in [-0.39, 0.29) is 11.7 Å². The van der Waals surface area contributed by atoms with Gasteiger partial charge < -0.3 is 15.1 Å². The largest absolute Gasteiger partial charge is 0.340 e. The third-order valence-corrected chi connectivity index (χ3v) is 5.34. The Balaban J connectivity index is 1.39. The van der Waals surface area contributed by atoms with Gasteiger partial charge in [0, 0.05) is 76.9 Å². The van der Waals surface area contributed by atoms with E-state index in [0.29, 0.717) is 11.4 Å². The van der Waals surface area contributed by atoms with Gasteiger partial charge in [-0.15, -0.1) is 0 Å². The molecule has 7 heteroatoms. The zero-order chi connectivity index (χ0) is 17.6. The number of nitrogens with one attached hydrogen (secondary N) is 1. The van der Waals surface area contributed by atoms with Crippen molar-refractivity contribution in [3.8, 4) is 0 Å². The highest BCUT2D eigenvalue weighted by atomic mass is 35.5. The molecule has 5 nitrogen and oxygen atoms in total. The van der Waals surface area contributed by atoms with Gasteiger partial charge in [-0.05, 0) is 17.7 Å². The molecular weight excluding hydrogens is 343 g/mol. The molecule has 0 radical (unpaired) electrons. The Hall–Kier alpha value is -1.21. The number of benzene rings is 1. The summed E-state index contributed by atoms with van der Waals surface area (Å²) in [5.41, 5.74) is 0.963. The lowest BCUT2D eigenvalue weighted by molar-refractivity contribution is -0.132. The van der Waals surface area contributed by atoms with Crippen LogP contribution in [0.3, 0.4) is 0 Å². The van der Waals surface area contributed by atoms with Crippen molar-refractivity contribution in [1.82, 2.24) is 20.0 Å². The van der Waals surface area contributed by atoms with Crippen molar-refractivity contribution in [2.45, 2.75) is 13.0 Å². The monoisotopic (exact) mass is 368 g/mol. The zero-order valence-corrected chi connectivity index (χ0v) is 15.3. The van der Waals surface area contributed by atoms with Crippen molar-refractivity contribution in [1.29, 1.82) is 0 Å². The molecule has 2 fully saturated rings. The van der Waals surface area contributed by atoms with Gasteiger partial charge in [0.25, 0.3) is 0 Å². The van der Waals surface area contributed by atoms with Gasteiger partial charge >= 0.3 is 0 Å². The van der Waals surface area contributed by atoms with Crippen molar-refractivity contribution >= 4 is 17.5 Å². The SMILES string of the molecule is O=C(CCN1CCN(Cc2ccc(F)cc2Cl)CC1)N1CCNCC1. The Morgan fingerprint density at radius 3 is 2.44 bits per heavy atom. The molecule has 0 atom stereocenters. The Morgan fingerprint density at radius 1 is 1.08 bits per heavy atom. The van der Waals surface area contributed by atoms with E-state index in [1.807, 2.05) is 4.90 Å². The number of carbonyl (C=O) groups excluding carboxylic acids is 1. The minimum atomic E-state index is -0.298. The van der Waals surface area contributed by atoms with Crippen LogP contribution in [0.15, 0.2) is 18.2 Å². The van der Waals surface area contributed by atoms with Crippen molar-refractivity contribution in [3.63, 3.8) is 0 Å². The normalized spacial score (nSPS) is 20.0. The summed E-state index contributed by atoms with van der Waals surface area (Å²) in [6.07, 6.45) is 0.601. The maximum absolute atomic E-state index is 13.1. The number of rotatable bonds is 5. The van der Waals surface area contributed by atoms with Crippen LogP contribution >= 0.6 is 11.6 Å². The molecule has 2 saturated heterocycles. The van der Waals surface area contributed by atoms with E-state index in [9.17, 15) is 9.18 Å². The van der Waals surface area contributed by atoms with E-state index in [2.05, 4.69) is 15.1 Å². The van der Waals surface area contributed by atoms with Crippen LogP contribution in [0.25, 0.3) is 0 Å². The summed E-state index contributed by atoms with van der Waals surface area (Å²) in [7, 11) is 0. The van der Waals surface area contributed by atoms with Crippen LogP contribution < -0.4 is 5.32 Å². The van der Waals surface area contributed by atoms with Gasteiger partial charge in [-0.2, -0.15) is 0 Å². The van der Waals surface area contributed by atoms with Gasteiger partial charge in [-0.25, -0.2) is 4.39 Å². The highest BCUT2D eigenvalue weighted by Crippen LogP contribution is 2.19. The molecule has 1 N–H and O–H groups in total. The molecule has 0 saturated carbocycles. The maximum Gasteiger partial charge on any atom is 0.223 e. The van der Waals surface area contributed by atoms with Crippen LogP contribution in [0.5, 0.6) is 0 Å². The average molecular weight is 369 g/mol. The van der Waals surface area contributed by atoms with Crippen LogP contribution in [-0.2, 0) is 11.3 Å². The molecule has 1 aromatic rings. The first-order valence-electron chi connectivity index (χ1n) is 8.99. The van der Waals surface area contributed by atoms with Crippen LogP contribution in [0.4, 0.5) is 4.39 Å². The molecule has 2 aliphatic rings. The Morgan fingerprint density at radius 2 is 1.76 bits per heavy atom. The molecule has 0 bridgehead atoms. The summed E-state index contributed by atoms with van der Waals surface area (Å²) in [5.74, 6) is -0.0326. The Bertz CT molecular complexity index is 586. The predicted molar refractivity (Wildman–Crippen MR) is 97.2 cm³/mol. The summed E-state index contributed by atoms with van der Waals surface area (Å²) >= 11 is 6.11. The van der Waals surface area contributed by atoms with Gasteiger partial charge in [0.05, 0.1) is 0 Å². The second-order valence-electron chi connectivity index (χ2n) is 6.73. The smallest absolute Gasteiger partial charge is 0.223 e. The lowest BCUT2D eigenvalue weighted by Gasteiger charge is -2.35. The predicted octanol–water partition coefficient (Wildman–Crippen LogP) is 1.42. The molecule has 0 aliphatic carbocycles. The molecule has 25 heavy (non-hydrogen) atoms. The Kier molecular flexibility index (Phi) is 6.64. The number of piperazine rings is 2. The van der Waals surface area contributed by atoms with Crippen LogP contribution in [0, 0.1) is 5.82 Å². The molecule has 0 unspecified atom stereocenters.